The lowest BCUT2D eigenvalue weighted by Gasteiger charge is -2.38. The molecule has 0 radical (unpaired) electrons. The number of hydrogen-bond donors (Lipinski definition) is 3. The number of benzene rings is 1. The molecule has 3 rings (SSSR count). The minimum absolute atomic E-state index is 0.270. The monoisotopic (exact) mass is 527 g/mol. The average Bonchev–Trinajstić information content (AvgIpc) is 2.74. The zero-order valence-electron chi connectivity index (χ0n) is 15.8. The van der Waals surface area contributed by atoms with E-state index in [1.807, 2.05) is 18.2 Å². The van der Waals surface area contributed by atoms with Gasteiger partial charge in [0.2, 0.25) is 0 Å². The topological polar surface area (TPSA) is 90.4 Å². The Morgan fingerprint density at radius 3 is 2.90 bits per heavy atom. The van der Waals surface area contributed by atoms with Crippen LogP contribution in [0, 0.1) is 0 Å². The Labute approximate surface area is 188 Å². The number of carbonyl (C=O) groups is 1. The van der Waals surface area contributed by atoms with E-state index in [0.29, 0.717) is 15.6 Å². The number of nitrogens with one attached hydrogen (secondary N) is 2. The highest BCUT2D eigenvalue weighted by atomic mass is 127. The van der Waals surface area contributed by atoms with Gasteiger partial charge in [-0.2, -0.15) is 0 Å². The number of hydroxylamine groups is 1. The van der Waals surface area contributed by atoms with Crippen LogP contribution in [-0.4, -0.2) is 49.2 Å². The Kier molecular flexibility index (Phi) is 8.22. The normalized spacial score (nSPS) is 20.0. The van der Waals surface area contributed by atoms with Gasteiger partial charge in [0.25, 0.3) is 5.91 Å². The number of halogens is 2. The molecular weight excluding hydrogens is 505 g/mol. The molecule has 1 aromatic carbocycles. The van der Waals surface area contributed by atoms with Gasteiger partial charge in [-0.15, -0.1) is 0 Å². The summed E-state index contributed by atoms with van der Waals surface area (Å²) in [7, 11) is 0. The summed E-state index contributed by atoms with van der Waals surface area (Å²) in [5.41, 5.74) is 3.25. The Morgan fingerprint density at radius 2 is 2.17 bits per heavy atom. The molecule has 1 aliphatic rings. The molecule has 154 valence electrons. The van der Waals surface area contributed by atoms with Crippen molar-refractivity contribution in [3.8, 4) is 0 Å². The zero-order chi connectivity index (χ0) is 20.6. The molecule has 9 heteroatoms. The first-order valence-electron chi connectivity index (χ1n) is 9.39. The van der Waals surface area contributed by atoms with E-state index in [2.05, 4.69) is 48.8 Å². The summed E-state index contributed by atoms with van der Waals surface area (Å²) in [5.74, 6) is 0.0919. The average molecular weight is 528 g/mol. The summed E-state index contributed by atoms with van der Waals surface area (Å²) in [6.45, 7) is 2.02. The zero-order valence-corrected chi connectivity index (χ0v) is 18.7. The highest BCUT2D eigenvalue weighted by Crippen LogP contribution is 2.26. The van der Waals surface area contributed by atoms with Gasteiger partial charge in [0.1, 0.15) is 5.82 Å². The highest BCUT2D eigenvalue weighted by Gasteiger charge is 2.29. The number of nitrogens with zero attached hydrogens (tertiary/aromatic N) is 3. The second-order valence-electron chi connectivity index (χ2n) is 6.78. The van der Waals surface area contributed by atoms with E-state index in [4.69, 9.17) is 16.8 Å². The van der Waals surface area contributed by atoms with Gasteiger partial charge < -0.3 is 5.32 Å². The van der Waals surface area contributed by atoms with Gasteiger partial charge in [-0.3, -0.25) is 19.9 Å². The molecule has 1 amide bonds. The Bertz CT molecular complexity index is 849. The van der Waals surface area contributed by atoms with Crippen molar-refractivity contribution in [1.29, 1.82) is 0 Å². The third kappa shape index (κ3) is 6.36. The molecule has 3 N–H and O–H groups in total. The lowest BCUT2D eigenvalue weighted by atomic mass is 10.0. The molecule has 1 saturated heterocycles. The minimum Gasteiger partial charge on any atom is -0.364 e. The van der Waals surface area contributed by atoms with Crippen LogP contribution in [0.2, 0.25) is 5.02 Å². The molecule has 0 spiro atoms. The van der Waals surface area contributed by atoms with E-state index in [9.17, 15) is 4.79 Å². The molecule has 1 aliphatic heterocycles. The van der Waals surface area contributed by atoms with Crippen molar-refractivity contribution in [2.75, 3.05) is 18.4 Å². The van der Waals surface area contributed by atoms with Gasteiger partial charge in [0.15, 0.2) is 0 Å². The van der Waals surface area contributed by atoms with Crippen LogP contribution in [0.3, 0.4) is 0 Å². The number of anilines is 1. The first-order chi connectivity index (χ1) is 14.1. The molecule has 0 saturated carbocycles. The number of likely N-dealkylation sites (tertiary alicyclic amines) is 1. The summed E-state index contributed by atoms with van der Waals surface area (Å²) >= 11 is 8.78. The van der Waals surface area contributed by atoms with Gasteiger partial charge >= 0.3 is 0 Å². The van der Waals surface area contributed by atoms with Crippen LogP contribution >= 0.6 is 34.2 Å². The van der Waals surface area contributed by atoms with E-state index in [-0.39, 0.29) is 6.04 Å². The van der Waals surface area contributed by atoms with Crippen LogP contribution in [0.15, 0.2) is 42.7 Å². The molecular formula is C20H23ClIN5O2. The van der Waals surface area contributed by atoms with Crippen LogP contribution in [0.1, 0.15) is 24.1 Å². The summed E-state index contributed by atoms with van der Waals surface area (Å²) in [4.78, 5) is 22.2. The van der Waals surface area contributed by atoms with E-state index < -0.39 is 5.91 Å². The number of carbonyl (C=O) groups excluding carboxylic acids is 1. The van der Waals surface area contributed by atoms with Crippen molar-refractivity contribution in [2.24, 2.45) is 0 Å². The maximum atomic E-state index is 11.0. The van der Waals surface area contributed by atoms with Gasteiger partial charge in [0, 0.05) is 17.6 Å². The van der Waals surface area contributed by atoms with E-state index >= 15 is 0 Å². The summed E-state index contributed by atoms with van der Waals surface area (Å²) < 4.78 is 0.332. The van der Waals surface area contributed by atoms with Gasteiger partial charge in [0.05, 0.1) is 28.2 Å². The van der Waals surface area contributed by atoms with Gasteiger partial charge in [-0.25, -0.2) is 10.5 Å². The molecule has 0 aliphatic carbocycles. The van der Waals surface area contributed by atoms with Crippen molar-refractivity contribution in [3.63, 3.8) is 0 Å². The molecule has 2 aromatic rings. The standard InChI is InChI=1S/C20H23ClIN5O2/c21-16-5-2-1-4-14(16)9-11-27-10-3-6-17(20(27)22)25-18-13-23-15(12-24-18)7-8-19(28)26-29/h1-2,4-5,7-8,12-13,17,20,29H,3,6,9-11H2,(H,24,25)(H,26,28)/t17-,20?/m1/s1. The van der Waals surface area contributed by atoms with E-state index in [0.717, 1.165) is 37.4 Å². The molecule has 1 aromatic heterocycles. The second-order valence-corrected chi connectivity index (χ2v) is 8.46. The van der Waals surface area contributed by atoms with Crippen molar-refractivity contribution in [3.05, 3.63) is 59.0 Å². The van der Waals surface area contributed by atoms with Crippen LogP contribution in [-0.2, 0) is 11.2 Å². The summed E-state index contributed by atoms with van der Waals surface area (Å²) in [6.07, 6.45) is 9.03. The fraction of sp³-hybridized carbons (Fsp3) is 0.350. The Hall–Kier alpha value is -1.75. The molecule has 2 heterocycles. The molecule has 2 atom stereocenters. The number of piperidine rings is 1. The third-order valence-corrected chi connectivity index (χ3v) is 6.81. The minimum atomic E-state index is -0.610. The number of hydrogen-bond acceptors (Lipinski definition) is 6. The van der Waals surface area contributed by atoms with Gasteiger partial charge in [-0.05, 0) is 43.5 Å². The molecule has 29 heavy (non-hydrogen) atoms. The number of aromatic nitrogens is 2. The van der Waals surface area contributed by atoms with Gasteiger partial charge in [-0.1, -0.05) is 52.4 Å². The maximum absolute atomic E-state index is 11.0. The van der Waals surface area contributed by atoms with Crippen LogP contribution in [0.5, 0.6) is 0 Å². The molecule has 7 nitrogen and oxygen atoms in total. The first-order valence-corrected chi connectivity index (χ1v) is 11.0. The van der Waals surface area contributed by atoms with Crippen molar-refractivity contribution < 1.29 is 10.0 Å². The molecule has 1 unspecified atom stereocenters. The molecule has 0 bridgehead atoms. The number of alkyl halides is 1. The number of rotatable bonds is 7. The fourth-order valence-electron chi connectivity index (χ4n) is 3.26. The van der Waals surface area contributed by atoms with Crippen LogP contribution < -0.4 is 10.8 Å². The van der Waals surface area contributed by atoms with Crippen LogP contribution in [0.25, 0.3) is 6.08 Å². The first kappa shape index (κ1) is 21.9. The SMILES string of the molecule is O=C(C=Cc1cnc(N[C@@H]2CCCN(CCc3ccccc3Cl)C2I)cn1)NO. The predicted molar refractivity (Wildman–Crippen MR) is 122 cm³/mol. The van der Waals surface area contributed by atoms with Crippen molar-refractivity contribution in [2.45, 2.75) is 29.4 Å². The largest absolute Gasteiger partial charge is 0.364 e. The lowest BCUT2D eigenvalue weighted by molar-refractivity contribution is -0.124. The Balaban J connectivity index is 1.56. The predicted octanol–water partition coefficient (Wildman–Crippen LogP) is 3.53. The fourth-order valence-corrected chi connectivity index (χ4v) is 4.58. The summed E-state index contributed by atoms with van der Waals surface area (Å²) in [6, 6.07) is 8.27. The Morgan fingerprint density at radius 1 is 1.34 bits per heavy atom. The number of amides is 1. The van der Waals surface area contributed by atoms with Crippen molar-refractivity contribution in [1.82, 2.24) is 20.3 Å². The summed E-state index contributed by atoms with van der Waals surface area (Å²) in [5, 5.41) is 12.8. The van der Waals surface area contributed by atoms with Crippen molar-refractivity contribution >= 4 is 52.0 Å². The lowest BCUT2D eigenvalue weighted by Crippen LogP contribution is -2.48. The van der Waals surface area contributed by atoms with Crippen LogP contribution in [0.4, 0.5) is 5.82 Å². The van der Waals surface area contributed by atoms with E-state index in [1.54, 1.807) is 12.4 Å². The second kappa shape index (κ2) is 10.9. The third-order valence-electron chi connectivity index (χ3n) is 4.79. The van der Waals surface area contributed by atoms with E-state index in [1.165, 1.54) is 23.2 Å². The molecule has 1 fully saturated rings. The maximum Gasteiger partial charge on any atom is 0.267 e. The smallest absolute Gasteiger partial charge is 0.267 e. The highest BCUT2D eigenvalue weighted by molar-refractivity contribution is 14.1. The quantitative estimate of drug-likeness (QED) is 0.127.